The van der Waals surface area contributed by atoms with Gasteiger partial charge in [0, 0.05) is 6.61 Å². The third-order valence-corrected chi connectivity index (χ3v) is 3.87. The average Bonchev–Trinajstić information content (AvgIpc) is 3.27. The molecule has 0 spiro atoms. The van der Waals surface area contributed by atoms with E-state index in [0.29, 0.717) is 6.61 Å². The van der Waals surface area contributed by atoms with Gasteiger partial charge in [-0.15, -0.1) is 0 Å². The van der Waals surface area contributed by atoms with Crippen LogP contribution in [0.5, 0.6) is 0 Å². The molecule has 100 valence electrons. The van der Waals surface area contributed by atoms with Gasteiger partial charge < -0.3 is 10.5 Å². The highest BCUT2D eigenvalue weighted by molar-refractivity contribution is 5.83. The molecule has 0 heterocycles. The first-order valence-corrected chi connectivity index (χ1v) is 7.15. The van der Waals surface area contributed by atoms with Gasteiger partial charge in [-0.2, -0.15) is 0 Å². The molecule has 1 aliphatic rings. The predicted molar refractivity (Wildman–Crippen MR) is 79.0 cm³/mol. The maximum absolute atomic E-state index is 6.19. The van der Waals surface area contributed by atoms with E-state index >= 15 is 0 Å². The van der Waals surface area contributed by atoms with Crippen molar-refractivity contribution < 1.29 is 4.74 Å². The first-order valence-electron chi connectivity index (χ1n) is 7.15. The summed E-state index contributed by atoms with van der Waals surface area (Å²) in [5, 5.41) is 2.50. The SMILES string of the molecule is NC(COCCC1CC1)c1ccc2ccccc2c1. The summed E-state index contributed by atoms with van der Waals surface area (Å²) in [5.41, 5.74) is 7.35. The molecular formula is C17H21NO. The standard InChI is InChI=1S/C17H21NO/c18-17(12-19-10-9-13-5-6-13)16-8-7-14-3-1-2-4-15(14)11-16/h1-4,7-8,11,13,17H,5-6,9-10,12,18H2. The molecule has 1 saturated carbocycles. The summed E-state index contributed by atoms with van der Waals surface area (Å²) in [5.74, 6) is 0.928. The Kier molecular flexibility index (Phi) is 3.81. The van der Waals surface area contributed by atoms with Gasteiger partial charge in [0.15, 0.2) is 0 Å². The van der Waals surface area contributed by atoms with E-state index in [9.17, 15) is 0 Å². The highest BCUT2D eigenvalue weighted by Gasteiger charge is 2.20. The van der Waals surface area contributed by atoms with Gasteiger partial charge in [-0.05, 0) is 34.7 Å². The third-order valence-electron chi connectivity index (χ3n) is 3.87. The fourth-order valence-electron chi connectivity index (χ4n) is 2.40. The van der Waals surface area contributed by atoms with Crippen molar-refractivity contribution in [2.75, 3.05) is 13.2 Å². The summed E-state index contributed by atoms with van der Waals surface area (Å²) in [6.45, 7) is 1.47. The van der Waals surface area contributed by atoms with Gasteiger partial charge in [-0.25, -0.2) is 0 Å². The number of ether oxygens (including phenoxy) is 1. The van der Waals surface area contributed by atoms with E-state index in [1.54, 1.807) is 0 Å². The molecule has 2 N–H and O–H groups in total. The molecule has 0 radical (unpaired) electrons. The Balaban J connectivity index is 1.58. The fourth-order valence-corrected chi connectivity index (χ4v) is 2.40. The smallest absolute Gasteiger partial charge is 0.0659 e. The molecule has 0 aromatic heterocycles. The van der Waals surface area contributed by atoms with Gasteiger partial charge >= 0.3 is 0 Å². The summed E-state index contributed by atoms with van der Waals surface area (Å²) < 4.78 is 5.69. The van der Waals surface area contributed by atoms with E-state index in [4.69, 9.17) is 10.5 Å². The van der Waals surface area contributed by atoms with Crippen LogP contribution in [0.2, 0.25) is 0 Å². The zero-order chi connectivity index (χ0) is 13.1. The van der Waals surface area contributed by atoms with Crippen LogP contribution in [0.3, 0.4) is 0 Å². The zero-order valence-electron chi connectivity index (χ0n) is 11.2. The minimum atomic E-state index is -0.0243. The van der Waals surface area contributed by atoms with Crippen molar-refractivity contribution in [3.8, 4) is 0 Å². The molecule has 0 amide bonds. The molecule has 1 aliphatic carbocycles. The molecule has 2 aromatic carbocycles. The summed E-state index contributed by atoms with van der Waals surface area (Å²) in [7, 11) is 0. The van der Waals surface area contributed by atoms with Gasteiger partial charge in [-0.3, -0.25) is 0 Å². The second-order valence-corrected chi connectivity index (χ2v) is 5.52. The lowest BCUT2D eigenvalue weighted by Crippen LogP contribution is -2.17. The molecule has 2 aromatic rings. The van der Waals surface area contributed by atoms with Crippen LogP contribution in [0.1, 0.15) is 30.9 Å². The van der Waals surface area contributed by atoms with Crippen LogP contribution in [0, 0.1) is 5.92 Å². The van der Waals surface area contributed by atoms with Crippen molar-refractivity contribution in [3.05, 3.63) is 48.0 Å². The lowest BCUT2D eigenvalue weighted by molar-refractivity contribution is 0.115. The average molecular weight is 255 g/mol. The van der Waals surface area contributed by atoms with Crippen molar-refractivity contribution in [1.29, 1.82) is 0 Å². The minimum Gasteiger partial charge on any atom is -0.379 e. The number of hydrogen-bond acceptors (Lipinski definition) is 2. The van der Waals surface area contributed by atoms with Crippen molar-refractivity contribution in [2.24, 2.45) is 11.7 Å². The summed E-state index contributed by atoms with van der Waals surface area (Å²) in [4.78, 5) is 0. The van der Waals surface area contributed by atoms with Gasteiger partial charge in [-0.1, -0.05) is 49.2 Å². The number of benzene rings is 2. The van der Waals surface area contributed by atoms with Gasteiger partial charge in [0.2, 0.25) is 0 Å². The van der Waals surface area contributed by atoms with Crippen molar-refractivity contribution in [1.82, 2.24) is 0 Å². The lowest BCUT2D eigenvalue weighted by Gasteiger charge is -2.13. The van der Waals surface area contributed by atoms with Gasteiger partial charge in [0.05, 0.1) is 12.6 Å². The number of fused-ring (bicyclic) bond motifs is 1. The molecule has 2 heteroatoms. The minimum absolute atomic E-state index is 0.0243. The van der Waals surface area contributed by atoms with Crippen LogP contribution in [-0.2, 0) is 4.74 Å². The number of rotatable bonds is 6. The number of nitrogens with two attached hydrogens (primary N) is 1. The van der Waals surface area contributed by atoms with Crippen LogP contribution in [-0.4, -0.2) is 13.2 Å². The molecule has 1 unspecified atom stereocenters. The predicted octanol–water partition coefficient (Wildman–Crippen LogP) is 3.66. The van der Waals surface area contributed by atoms with Gasteiger partial charge in [0.1, 0.15) is 0 Å². The topological polar surface area (TPSA) is 35.2 Å². The monoisotopic (exact) mass is 255 g/mol. The largest absolute Gasteiger partial charge is 0.379 e. The maximum atomic E-state index is 6.19. The van der Waals surface area contributed by atoms with Crippen molar-refractivity contribution >= 4 is 10.8 Å². The Morgan fingerprint density at radius 2 is 1.89 bits per heavy atom. The van der Waals surface area contributed by atoms with Crippen LogP contribution in [0.15, 0.2) is 42.5 Å². The zero-order valence-corrected chi connectivity index (χ0v) is 11.2. The first kappa shape index (κ1) is 12.6. The van der Waals surface area contributed by atoms with E-state index < -0.39 is 0 Å². The molecule has 0 saturated heterocycles. The quantitative estimate of drug-likeness (QED) is 0.800. The van der Waals surface area contributed by atoms with Crippen LogP contribution >= 0.6 is 0 Å². The van der Waals surface area contributed by atoms with E-state index in [1.165, 1.54) is 30.0 Å². The molecular weight excluding hydrogens is 234 g/mol. The second kappa shape index (κ2) is 5.72. The maximum Gasteiger partial charge on any atom is 0.0659 e. The highest BCUT2D eigenvalue weighted by atomic mass is 16.5. The normalized spacial score (nSPS) is 16.7. The van der Waals surface area contributed by atoms with Gasteiger partial charge in [0.25, 0.3) is 0 Å². The Morgan fingerprint density at radius 1 is 1.11 bits per heavy atom. The molecule has 1 fully saturated rings. The number of hydrogen-bond donors (Lipinski definition) is 1. The molecule has 0 bridgehead atoms. The lowest BCUT2D eigenvalue weighted by atomic mass is 10.0. The Labute approximate surface area is 114 Å². The molecule has 3 rings (SSSR count). The molecule has 2 nitrogen and oxygen atoms in total. The summed E-state index contributed by atoms with van der Waals surface area (Å²) in [6, 6.07) is 14.8. The van der Waals surface area contributed by atoms with Crippen molar-refractivity contribution in [3.63, 3.8) is 0 Å². The molecule has 1 atom stereocenters. The Bertz CT molecular complexity index is 548. The second-order valence-electron chi connectivity index (χ2n) is 5.52. The summed E-state index contributed by atoms with van der Waals surface area (Å²) >= 11 is 0. The van der Waals surface area contributed by atoms with Crippen molar-refractivity contribution in [2.45, 2.75) is 25.3 Å². The fraction of sp³-hybridized carbons (Fsp3) is 0.412. The van der Waals surface area contributed by atoms with Crippen LogP contribution < -0.4 is 5.73 Å². The Hall–Kier alpha value is -1.38. The summed E-state index contributed by atoms with van der Waals surface area (Å²) in [6.07, 6.45) is 3.98. The molecule has 0 aliphatic heterocycles. The van der Waals surface area contributed by atoms with E-state index in [-0.39, 0.29) is 6.04 Å². The first-order chi connectivity index (χ1) is 9.33. The molecule has 19 heavy (non-hydrogen) atoms. The highest BCUT2D eigenvalue weighted by Crippen LogP contribution is 2.32. The van der Waals surface area contributed by atoms with E-state index in [2.05, 4.69) is 42.5 Å². The Morgan fingerprint density at radius 3 is 2.68 bits per heavy atom. The van der Waals surface area contributed by atoms with E-state index in [0.717, 1.165) is 18.1 Å². The third kappa shape index (κ3) is 3.34. The van der Waals surface area contributed by atoms with Crippen LogP contribution in [0.4, 0.5) is 0 Å². The van der Waals surface area contributed by atoms with Crippen LogP contribution in [0.25, 0.3) is 10.8 Å². The van der Waals surface area contributed by atoms with E-state index in [1.807, 2.05) is 0 Å².